The number of likely N-dealkylation sites (tertiary alicyclic amines) is 1. The minimum Gasteiger partial charge on any atom is -0.484 e. The highest BCUT2D eigenvalue weighted by atomic mass is 32.2. The first-order valence-corrected chi connectivity index (χ1v) is 25.6. The molecule has 21 nitrogen and oxygen atoms in total. The summed E-state index contributed by atoms with van der Waals surface area (Å²) in [6.07, 6.45) is 5.21. The fourth-order valence-corrected chi connectivity index (χ4v) is 10.7. The number of rotatable bonds is 13. The molecule has 0 saturated carbocycles. The van der Waals surface area contributed by atoms with Crippen molar-refractivity contribution in [2.24, 2.45) is 7.05 Å². The number of nitrogens with two attached hydrogens (primary N) is 1. The number of carbonyl (C=O) groups excluding carboxylic acids is 6. The first kappa shape index (κ1) is 50.2. The number of nitrogens with zero attached hydrogens (tertiary/aromatic N) is 9. The summed E-state index contributed by atoms with van der Waals surface area (Å²) >= 11 is 0. The second kappa shape index (κ2) is 19.8. The van der Waals surface area contributed by atoms with E-state index in [0.717, 1.165) is 4.90 Å². The number of fused-ring (bicyclic) bond motifs is 2. The second-order valence-electron chi connectivity index (χ2n) is 18.7. The van der Waals surface area contributed by atoms with Crippen LogP contribution in [0.4, 0.5) is 30.4 Å². The minimum atomic E-state index is -5.10. The number of carbonyl (C=O) groups is 6. The molecule has 0 spiro atoms. The molecule has 3 aromatic heterocycles. The third-order valence-corrected chi connectivity index (χ3v) is 15.1. The number of imide groups is 2. The third kappa shape index (κ3) is 9.58. The van der Waals surface area contributed by atoms with E-state index in [0.29, 0.717) is 83.6 Å². The zero-order valence-corrected chi connectivity index (χ0v) is 41.2. The molecule has 6 amide bonds. The first-order valence-electron chi connectivity index (χ1n) is 24.0. The molecule has 0 aliphatic carbocycles. The van der Waals surface area contributed by atoms with Crippen LogP contribution in [0.15, 0.2) is 79.3 Å². The van der Waals surface area contributed by atoms with Gasteiger partial charge in [-0.25, -0.2) is 17.8 Å². The topological polar surface area (TPSA) is 257 Å². The Kier molecular flexibility index (Phi) is 13.3. The number of piperazine rings is 1. The van der Waals surface area contributed by atoms with Crippen LogP contribution in [0.2, 0.25) is 0 Å². The lowest BCUT2D eigenvalue weighted by Gasteiger charge is -2.37. The quantitative estimate of drug-likeness (QED) is 0.105. The van der Waals surface area contributed by atoms with E-state index in [2.05, 4.69) is 15.4 Å². The van der Waals surface area contributed by atoms with Crippen molar-refractivity contribution in [3.05, 3.63) is 102 Å². The maximum atomic E-state index is 13.7. The lowest BCUT2D eigenvalue weighted by Crippen LogP contribution is -2.54. The van der Waals surface area contributed by atoms with Crippen LogP contribution in [0.1, 0.15) is 77.5 Å². The molecule has 2 atom stereocenters. The molecule has 75 heavy (non-hydrogen) atoms. The summed E-state index contributed by atoms with van der Waals surface area (Å²) in [7, 11) is -3.39. The molecule has 1 unspecified atom stereocenters. The molecule has 4 aliphatic heterocycles. The molecular formula is C50H49F3N12O9S. The number of hydrogen-bond acceptors (Lipinski definition) is 14. The summed E-state index contributed by atoms with van der Waals surface area (Å²) in [5, 5.41) is 12.1. The van der Waals surface area contributed by atoms with Gasteiger partial charge in [-0.1, -0.05) is 24.3 Å². The Labute approximate surface area is 426 Å². The van der Waals surface area contributed by atoms with Crippen molar-refractivity contribution in [1.29, 1.82) is 0 Å². The number of sulfonamides is 1. The predicted molar refractivity (Wildman–Crippen MR) is 265 cm³/mol. The van der Waals surface area contributed by atoms with E-state index in [1.165, 1.54) is 48.5 Å². The molecule has 3 fully saturated rings. The summed E-state index contributed by atoms with van der Waals surface area (Å²) in [4.78, 5) is 89.0. The lowest BCUT2D eigenvalue weighted by molar-refractivity contribution is -0.142. The van der Waals surface area contributed by atoms with Gasteiger partial charge in [-0.15, -0.1) is 0 Å². The molecule has 3 saturated heterocycles. The van der Waals surface area contributed by atoms with Crippen LogP contribution in [0, 0.1) is 5.82 Å². The summed E-state index contributed by atoms with van der Waals surface area (Å²) in [5.74, 6) is -7.19. The van der Waals surface area contributed by atoms with Crippen LogP contribution in [-0.2, 0) is 36.2 Å². The number of ether oxygens (including phenoxy) is 1. The molecule has 0 radical (unpaired) electrons. The minimum absolute atomic E-state index is 0.00632. The van der Waals surface area contributed by atoms with Crippen molar-refractivity contribution >= 4 is 73.6 Å². The van der Waals surface area contributed by atoms with Crippen LogP contribution < -0.4 is 25.4 Å². The highest BCUT2D eigenvalue weighted by molar-refractivity contribution is 7.93. The largest absolute Gasteiger partial charge is 0.484 e. The van der Waals surface area contributed by atoms with Crippen LogP contribution in [-0.4, -0.2) is 134 Å². The number of piperidine rings is 2. The Morgan fingerprint density at radius 3 is 2.28 bits per heavy atom. The normalized spacial score (nSPS) is 18.0. The Morgan fingerprint density at radius 2 is 1.59 bits per heavy atom. The summed E-state index contributed by atoms with van der Waals surface area (Å²) in [5.41, 5.74) is 10.2. The van der Waals surface area contributed by atoms with Crippen molar-refractivity contribution in [3.8, 4) is 28.1 Å². The average Bonchev–Trinajstić information content (AvgIpc) is 4.10. The van der Waals surface area contributed by atoms with E-state index in [1.54, 1.807) is 53.0 Å². The average molecular weight is 1050 g/mol. The third-order valence-electron chi connectivity index (χ3n) is 14.1. The Hall–Kier alpha value is -8.35. The number of anilines is 3. The maximum Gasteiger partial charge on any atom is 0.355 e. The molecule has 0 bridgehead atoms. The standard InChI is InChI=1S/C50H49F3N12O9S/c1-27(28-6-9-31(51)10-7-28)74-38-22-29(8-11-35(38)59-75(72,73)50(52)53)44-43-45(60(2)58-44)34(25-55-46(43)54)30-24-56-64(26-30)32-14-16-62(17-15-32)40(67)23-41(68)63-20-18-61(19-21-63)36-5-3-4-33-42(36)49(71)65(48(33)70)37-12-13-39(66)57-47(37)69/h3-11,22,24-27,32,37,50,59H,12-21,23H2,1-2H3,(H2,54,55)(H,57,66,69)/t27-,37?/m0/s1. The monoisotopic (exact) mass is 1050 g/mol. The van der Waals surface area contributed by atoms with Gasteiger partial charge in [-0.2, -0.15) is 19.0 Å². The van der Waals surface area contributed by atoms with Crippen LogP contribution >= 0.6 is 0 Å². The Morgan fingerprint density at radius 1 is 0.880 bits per heavy atom. The van der Waals surface area contributed by atoms with Crippen molar-refractivity contribution in [3.63, 3.8) is 0 Å². The van der Waals surface area contributed by atoms with E-state index >= 15 is 0 Å². The molecule has 4 aliphatic rings. The zero-order valence-electron chi connectivity index (χ0n) is 40.4. The second-order valence-corrected chi connectivity index (χ2v) is 20.3. The van der Waals surface area contributed by atoms with Crippen LogP contribution in [0.3, 0.4) is 0 Å². The van der Waals surface area contributed by atoms with Gasteiger partial charge in [0.15, 0.2) is 0 Å². The maximum absolute atomic E-state index is 13.7. The number of aromatic nitrogens is 5. The summed E-state index contributed by atoms with van der Waals surface area (Å²) in [6, 6.07) is 13.4. The van der Waals surface area contributed by atoms with Gasteiger partial charge in [-0.05, 0) is 68.1 Å². The SMILES string of the molecule is C[C@H](Oc1cc(-c2nn(C)c3c(-c4cnn(C5CCN(C(=O)CC(=O)N6CCN(c7cccc8c7C(=O)N(C7CCC(=O)NC7=O)C8=O)CC6)CC5)c4)cnc(N)c23)ccc1NS(=O)(=O)C(F)F)c1ccc(F)cc1. The van der Waals surface area contributed by atoms with Gasteiger partial charge < -0.3 is 25.2 Å². The smallest absolute Gasteiger partial charge is 0.355 e. The molecule has 4 N–H and O–H groups in total. The number of aryl methyl sites for hydroxylation is 1. The van der Waals surface area contributed by atoms with Gasteiger partial charge in [0.05, 0.1) is 45.6 Å². The summed E-state index contributed by atoms with van der Waals surface area (Å²) < 4.78 is 76.7. The number of benzene rings is 3. The summed E-state index contributed by atoms with van der Waals surface area (Å²) in [6.45, 7) is 3.61. The van der Waals surface area contributed by atoms with Crippen LogP contribution in [0.5, 0.6) is 5.75 Å². The number of amides is 6. The number of hydrogen-bond donors (Lipinski definition) is 3. The van der Waals surface area contributed by atoms with Gasteiger partial charge in [0.2, 0.25) is 23.6 Å². The van der Waals surface area contributed by atoms with Crippen molar-refractivity contribution in [2.75, 3.05) is 54.6 Å². The van der Waals surface area contributed by atoms with E-state index in [1.807, 2.05) is 20.5 Å². The molecule has 390 valence electrons. The van der Waals surface area contributed by atoms with Gasteiger partial charge in [0, 0.05) is 81.8 Å². The number of nitrogens with one attached hydrogen (secondary N) is 2. The Bertz CT molecular complexity index is 3430. The molecule has 7 heterocycles. The first-order chi connectivity index (χ1) is 35.9. The molecule has 6 aromatic rings. The van der Waals surface area contributed by atoms with Gasteiger partial charge in [-0.3, -0.25) is 53.1 Å². The van der Waals surface area contributed by atoms with Crippen molar-refractivity contribution in [1.82, 2.24) is 44.6 Å². The number of halogens is 3. The fourth-order valence-electron chi connectivity index (χ4n) is 10.2. The number of nitrogen functional groups attached to an aromatic ring is 1. The highest BCUT2D eigenvalue weighted by Crippen LogP contribution is 2.41. The van der Waals surface area contributed by atoms with Crippen LogP contribution in [0.25, 0.3) is 33.3 Å². The van der Waals surface area contributed by atoms with Crippen molar-refractivity contribution < 1.29 is 55.1 Å². The van der Waals surface area contributed by atoms with Gasteiger partial charge in [0.25, 0.3) is 21.8 Å². The highest BCUT2D eigenvalue weighted by Gasteiger charge is 2.46. The fraction of sp³-hybridized carbons (Fsp3) is 0.340. The molecule has 3 aromatic carbocycles. The number of alkyl halides is 2. The van der Waals surface area contributed by atoms with Gasteiger partial charge >= 0.3 is 5.76 Å². The van der Waals surface area contributed by atoms with Gasteiger partial charge in [0.1, 0.15) is 41.6 Å². The zero-order chi connectivity index (χ0) is 53.0. The Balaban J connectivity index is 0.778. The van der Waals surface area contributed by atoms with E-state index < -0.39 is 57.4 Å². The number of pyridine rings is 1. The molecule has 25 heteroatoms. The van der Waals surface area contributed by atoms with E-state index in [-0.39, 0.29) is 78.6 Å². The molecular weight excluding hydrogens is 1000 g/mol. The van der Waals surface area contributed by atoms with E-state index in [9.17, 15) is 50.4 Å². The predicted octanol–water partition coefficient (Wildman–Crippen LogP) is 4.63. The molecule has 10 rings (SSSR count). The lowest BCUT2D eigenvalue weighted by atomic mass is 10.0. The van der Waals surface area contributed by atoms with E-state index in [4.69, 9.17) is 15.6 Å². The van der Waals surface area contributed by atoms with Crippen molar-refractivity contribution in [2.45, 2.75) is 63.0 Å².